The van der Waals surface area contributed by atoms with Gasteiger partial charge in [0.05, 0.1) is 0 Å². The van der Waals surface area contributed by atoms with Crippen LogP contribution < -0.4 is 15.4 Å². The van der Waals surface area contributed by atoms with Crippen LogP contribution in [0, 0.1) is 0 Å². The molecule has 28 heavy (non-hydrogen) atoms. The lowest BCUT2D eigenvalue weighted by molar-refractivity contribution is -0.154. The topological polar surface area (TPSA) is 58.5 Å². The Bertz CT molecular complexity index is 769. The summed E-state index contributed by atoms with van der Waals surface area (Å²) in [5.74, 6) is 0.530. The summed E-state index contributed by atoms with van der Waals surface area (Å²) in [6.45, 7) is 1.74. The number of aliphatic imine (C=N–C) groups is 1. The molecule has 0 unspecified atom stereocenters. The Hall–Kier alpha value is -2.04. The third kappa shape index (κ3) is 8.32. The molecule has 1 aromatic carbocycles. The molecule has 2 aromatic rings. The van der Waals surface area contributed by atoms with Gasteiger partial charge in [-0.3, -0.25) is 4.99 Å². The maximum atomic E-state index is 12.2. The van der Waals surface area contributed by atoms with Crippen molar-refractivity contribution in [3.63, 3.8) is 0 Å². The quantitative estimate of drug-likeness (QED) is 0.337. The molecule has 0 saturated heterocycles. The number of guanidine groups is 1. The summed E-state index contributed by atoms with van der Waals surface area (Å²) in [5.41, 5.74) is 3.19. The fourth-order valence-electron chi connectivity index (χ4n) is 2.46. The van der Waals surface area contributed by atoms with Crippen LogP contribution in [0.2, 0.25) is 0 Å². The van der Waals surface area contributed by atoms with E-state index in [1.165, 1.54) is 23.4 Å². The lowest BCUT2D eigenvalue weighted by atomic mass is 10.1. The second-order valence-corrected chi connectivity index (χ2v) is 5.81. The summed E-state index contributed by atoms with van der Waals surface area (Å²) in [6, 6.07) is 11.3. The predicted octanol–water partition coefficient (Wildman–Crippen LogP) is 4.07. The van der Waals surface area contributed by atoms with E-state index in [1.807, 2.05) is 12.1 Å². The highest BCUT2D eigenvalue weighted by atomic mass is 127. The van der Waals surface area contributed by atoms with Gasteiger partial charge in [0, 0.05) is 32.4 Å². The summed E-state index contributed by atoms with van der Waals surface area (Å²) < 4.78 is 41.4. The summed E-state index contributed by atoms with van der Waals surface area (Å²) in [6.07, 6.45) is -2.03. The maximum absolute atomic E-state index is 12.2. The number of pyridine rings is 1. The highest BCUT2D eigenvalue weighted by Crippen LogP contribution is 2.17. The number of nitrogens with one attached hydrogen (secondary N) is 2. The first-order valence-electron chi connectivity index (χ1n) is 8.57. The summed E-state index contributed by atoms with van der Waals surface area (Å²) in [5, 5.41) is 6.36. The number of ether oxygens (including phenoxy) is 1. The van der Waals surface area contributed by atoms with E-state index in [0.717, 1.165) is 12.0 Å². The van der Waals surface area contributed by atoms with Crippen LogP contribution >= 0.6 is 24.0 Å². The van der Waals surface area contributed by atoms with Gasteiger partial charge in [0.25, 0.3) is 0 Å². The Morgan fingerprint density at radius 1 is 1.11 bits per heavy atom. The monoisotopic (exact) mass is 508 g/mol. The zero-order valence-corrected chi connectivity index (χ0v) is 18.0. The molecule has 2 N–H and O–H groups in total. The minimum absolute atomic E-state index is 0. The van der Waals surface area contributed by atoms with Gasteiger partial charge >= 0.3 is 6.18 Å². The third-order valence-electron chi connectivity index (χ3n) is 3.81. The van der Waals surface area contributed by atoms with Crippen molar-refractivity contribution in [2.45, 2.75) is 32.6 Å². The fourth-order valence-corrected chi connectivity index (χ4v) is 2.46. The number of halogens is 4. The van der Waals surface area contributed by atoms with Crippen molar-refractivity contribution < 1.29 is 17.9 Å². The normalized spacial score (nSPS) is 11.5. The van der Waals surface area contributed by atoms with E-state index in [9.17, 15) is 13.2 Å². The van der Waals surface area contributed by atoms with Gasteiger partial charge in [-0.1, -0.05) is 31.2 Å². The van der Waals surface area contributed by atoms with E-state index < -0.39 is 12.8 Å². The zero-order chi connectivity index (χ0) is 19.7. The highest BCUT2D eigenvalue weighted by Gasteiger charge is 2.28. The van der Waals surface area contributed by atoms with E-state index in [1.54, 1.807) is 13.1 Å². The number of benzene rings is 1. The van der Waals surface area contributed by atoms with E-state index >= 15 is 0 Å². The third-order valence-corrected chi connectivity index (χ3v) is 3.81. The van der Waals surface area contributed by atoms with E-state index in [2.05, 4.69) is 44.4 Å². The zero-order valence-electron chi connectivity index (χ0n) is 15.7. The molecular formula is C19H24F3IN4O. The fraction of sp³-hybridized carbons (Fsp3) is 0.368. The number of aryl methyl sites for hydroxylation is 1. The van der Waals surface area contributed by atoms with Crippen LogP contribution in [-0.4, -0.2) is 30.8 Å². The second-order valence-electron chi connectivity index (χ2n) is 5.81. The largest absolute Gasteiger partial charge is 0.468 e. The number of alkyl halides is 3. The van der Waals surface area contributed by atoms with Crippen LogP contribution in [-0.2, 0) is 19.5 Å². The molecule has 5 nitrogen and oxygen atoms in total. The lowest BCUT2D eigenvalue weighted by Crippen LogP contribution is -2.36. The SMILES string of the molecule is CCc1ccccc1CNC(=NC)NCc1ccnc(OCC(F)(F)F)c1.I. The molecule has 154 valence electrons. The molecule has 1 heterocycles. The number of rotatable bonds is 7. The Labute approximate surface area is 179 Å². The molecule has 0 bridgehead atoms. The van der Waals surface area contributed by atoms with Crippen molar-refractivity contribution in [1.29, 1.82) is 0 Å². The number of aromatic nitrogens is 1. The smallest absolute Gasteiger partial charge is 0.422 e. The van der Waals surface area contributed by atoms with Gasteiger partial charge in [-0.05, 0) is 29.2 Å². The standard InChI is InChI=1S/C19H23F3N4O.HI/c1-3-15-6-4-5-7-16(15)12-26-18(23-2)25-11-14-8-9-24-17(10-14)27-13-19(20,21)22;/h4-10H,3,11-13H2,1-2H3,(H2,23,25,26);1H. The van der Waals surface area contributed by atoms with Crippen molar-refractivity contribution in [2.75, 3.05) is 13.7 Å². The van der Waals surface area contributed by atoms with Crippen LogP contribution in [0.3, 0.4) is 0 Å². The van der Waals surface area contributed by atoms with Gasteiger partial charge < -0.3 is 15.4 Å². The first-order valence-corrected chi connectivity index (χ1v) is 8.57. The first kappa shape index (κ1) is 24.0. The molecular weight excluding hydrogens is 484 g/mol. The molecule has 0 amide bonds. The molecule has 0 aliphatic rings. The average Bonchev–Trinajstić information content (AvgIpc) is 2.66. The van der Waals surface area contributed by atoms with Gasteiger partial charge in [-0.25, -0.2) is 4.98 Å². The Balaban J connectivity index is 0.00000392. The Morgan fingerprint density at radius 3 is 2.43 bits per heavy atom. The average molecular weight is 508 g/mol. The van der Waals surface area contributed by atoms with Crippen molar-refractivity contribution in [2.24, 2.45) is 4.99 Å². The molecule has 0 aliphatic carbocycles. The molecule has 0 radical (unpaired) electrons. The van der Waals surface area contributed by atoms with Gasteiger partial charge in [0.2, 0.25) is 5.88 Å². The van der Waals surface area contributed by atoms with Crippen LogP contribution in [0.25, 0.3) is 0 Å². The van der Waals surface area contributed by atoms with Crippen LogP contribution in [0.4, 0.5) is 13.2 Å². The van der Waals surface area contributed by atoms with Crippen molar-refractivity contribution in [1.82, 2.24) is 15.6 Å². The number of hydrogen-bond donors (Lipinski definition) is 2. The highest BCUT2D eigenvalue weighted by molar-refractivity contribution is 14.0. The minimum Gasteiger partial charge on any atom is -0.468 e. The molecule has 0 fully saturated rings. The molecule has 0 aliphatic heterocycles. The van der Waals surface area contributed by atoms with E-state index in [-0.39, 0.29) is 29.9 Å². The van der Waals surface area contributed by atoms with Gasteiger partial charge in [-0.15, -0.1) is 24.0 Å². The Kier molecular flexibility index (Phi) is 10.0. The van der Waals surface area contributed by atoms with Crippen LogP contribution in [0.1, 0.15) is 23.6 Å². The number of hydrogen-bond acceptors (Lipinski definition) is 3. The second kappa shape index (κ2) is 11.7. The van der Waals surface area contributed by atoms with E-state index in [0.29, 0.717) is 19.0 Å². The molecule has 0 saturated carbocycles. The molecule has 1 aromatic heterocycles. The predicted molar refractivity (Wildman–Crippen MR) is 114 cm³/mol. The summed E-state index contributed by atoms with van der Waals surface area (Å²) in [4.78, 5) is 7.95. The van der Waals surface area contributed by atoms with Crippen LogP contribution in [0.15, 0.2) is 47.6 Å². The molecule has 2 rings (SSSR count). The molecule has 9 heteroatoms. The molecule has 0 atom stereocenters. The Morgan fingerprint density at radius 2 is 1.79 bits per heavy atom. The van der Waals surface area contributed by atoms with Crippen molar-refractivity contribution in [3.05, 3.63) is 59.3 Å². The lowest BCUT2D eigenvalue weighted by Gasteiger charge is -2.14. The van der Waals surface area contributed by atoms with E-state index in [4.69, 9.17) is 0 Å². The summed E-state index contributed by atoms with van der Waals surface area (Å²) in [7, 11) is 1.66. The van der Waals surface area contributed by atoms with Gasteiger partial charge in [0.15, 0.2) is 12.6 Å². The minimum atomic E-state index is -4.39. The van der Waals surface area contributed by atoms with Gasteiger partial charge in [0.1, 0.15) is 0 Å². The van der Waals surface area contributed by atoms with Gasteiger partial charge in [-0.2, -0.15) is 13.2 Å². The first-order chi connectivity index (χ1) is 12.9. The van der Waals surface area contributed by atoms with Crippen molar-refractivity contribution >= 4 is 29.9 Å². The summed E-state index contributed by atoms with van der Waals surface area (Å²) >= 11 is 0. The van der Waals surface area contributed by atoms with Crippen molar-refractivity contribution in [3.8, 4) is 5.88 Å². The van der Waals surface area contributed by atoms with Crippen LogP contribution in [0.5, 0.6) is 5.88 Å². The molecule has 0 spiro atoms. The number of nitrogens with zero attached hydrogens (tertiary/aromatic N) is 2. The maximum Gasteiger partial charge on any atom is 0.422 e.